The molecule has 1 aliphatic heterocycles. The maximum absolute atomic E-state index is 12.1. The largest absolute Gasteiger partial charge is 0.494 e. The molecule has 0 aromatic heterocycles. The molecule has 0 unspecified atom stereocenters. The van der Waals surface area contributed by atoms with Crippen molar-refractivity contribution in [3.8, 4) is 5.75 Å². The van der Waals surface area contributed by atoms with Crippen molar-refractivity contribution in [1.29, 1.82) is 0 Å². The average molecular weight is 486 g/mol. The Bertz CT molecular complexity index is 920. The van der Waals surface area contributed by atoms with Gasteiger partial charge in [-0.3, -0.25) is 25.9 Å². The van der Waals surface area contributed by atoms with Crippen LogP contribution in [0.15, 0.2) is 54.6 Å². The van der Waals surface area contributed by atoms with Gasteiger partial charge in [0.15, 0.2) is 10.2 Å². The molecule has 0 spiro atoms. The van der Waals surface area contributed by atoms with Crippen LogP contribution in [0, 0.1) is 0 Å². The normalized spacial score (nSPS) is 13.6. The quantitative estimate of drug-likeness (QED) is 0.258. The van der Waals surface area contributed by atoms with E-state index in [0.29, 0.717) is 23.8 Å². The summed E-state index contributed by atoms with van der Waals surface area (Å²) in [5.41, 5.74) is 7.28. The number of rotatable bonds is 8. The van der Waals surface area contributed by atoms with E-state index in [1.807, 2.05) is 12.1 Å². The number of nitrogens with one attached hydrogen (secondary N) is 4. The van der Waals surface area contributed by atoms with Crippen LogP contribution < -0.4 is 26.2 Å². The number of amides is 1. The fraction of sp³-hybridized carbons (Fsp3) is 0.375. The first-order chi connectivity index (χ1) is 16.1. The molecule has 2 aromatic carbocycles. The van der Waals surface area contributed by atoms with Crippen molar-refractivity contribution in [3.63, 3.8) is 0 Å². The number of carbonyl (C=O) groups is 1. The number of thiocarbonyl (C=S) groups is 2. The van der Waals surface area contributed by atoms with E-state index in [1.54, 1.807) is 24.3 Å². The van der Waals surface area contributed by atoms with Gasteiger partial charge in [0.2, 0.25) is 0 Å². The van der Waals surface area contributed by atoms with Crippen LogP contribution in [0.3, 0.4) is 0 Å². The van der Waals surface area contributed by atoms with Gasteiger partial charge in [-0.1, -0.05) is 36.8 Å². The van der Waals surface area contributed by atoms with Gasteiger partial charge in [-0.05, 0) is 86.6 Å². The zero-order chi connectivity index (χ0) is 23.3. The van der Waals surface area contributed by atoms with Crippen molar-refractivity contribution in [2.24, 2.45) is 0 Å². The number of benzene rings is 2. The van der Waals surface area contributed by atoms with E-state index < -0.39 is 0 Å². The lowest BCUT2D eigenvalue weighted by Crippen LogP contribution is -2.51. The van der Waals surface area contributed by atoms with Crippen molar-refractivity contribution in [2.75, 3.05) is 26.2 Å². The summed E-state index contributed by atoms with van der Waals surface area (Å²) in [6.45, 7) is 4.58. The van der Waals surface area contributed by atoms with Crippen LogP contribution in [0.4, 0.5) is 0 Å². The molecule has 1 heterocycles. The summed E-state index contributed by atoms with van der Waals surface area (Å²) in [7, 11) is 0. The summed E-state index contributed by atoms with van der Waals surface area (Å²) in [5.74, 6) is 0.609. The summed E-state index contributed by atoms with van der Waals surface area (Å²) in [5, 5.41) is 6.18. The summed E-state index contributed by atoms with van der Waals surface area (Å²) in [6, 6.07) is 17.2. The Balaban J connectivity index is 1.26. The number of piperidine rings is 1. The number of ether oxygens (including phenoxy) is 1. The molecule has 7 nitrogen and oxygen atoms in total. The number of carbonyl (C=O) groups excluding carboxylic acids is 1. The summed E-state index contributed by atoms with van der Waals surface area (Å²) >= 11 is 10.3. The Labute approximate surface area is 206 Å². The topological polar surface area (TPSA) is 77.7 Å². The third kappa shape index (κ3) is 9.33. The average Bonchev–Trinajstić information content (AvgIpc) is 2.84. The number of likely N-dealkylation sites (tertiary alicyclic amines) is 1. The Kier molecular flexibility index (Phi) is 10.3. The van der Waals surface area contributed by atoms with Crippen LogP contribution >= 0.6 is 24.4 Å². The van der Waals surface area contributed by atoms with Crippen LogP contribution in [-0.4, -0.2) is 47.3 Å². The molecule has 1 saturated heterocycles. The molecule has 4 N–H and O–H groups in total. The van der Waals surface area contributed by atoms with Crippen molar-refractivity contribution >= 4 is 40.6 Å². The predicted molar refractivity (Wildman–Crippen MR) is 139 cm³/mol. The van der Waals surface area contributed by atoms with Gasteiger partial charge in [-0.2, -0.15) is 0 Å². The zero-order valence-corrected chi connectivity index (χ0v) is 20.3. The molecule has 1 amide bonds. The van der Waals surface area contributed by atoms with Crippen LogP contribution in [0.1, 0.15) is 41.6 Å². The van der Waals surface area contributed by atoms with Gasteiger partial charge in [-0.25, -0.2) is 0 Å². The van der Waals surface area contributed by atoms with E-state index >= 15 is 0 Å². The van der Waals surface area contributed by atoms with E-state index in [2.05, 4.69) is 44.6 Å². The van der Waals surface area contributed by atoms with Gasteiger partial charge in [0.25, 0.3) is 5.91 Å². The highest BCUT2D eigenvalue weighted by Gasteiger charge is 2.11. The summed E-state index contributed by atoms with van der Waals surface area (Å²) < 4.78 is 5.90. The SMILES string of the molecule is O=C(NC(=S)NNC(=S)NCCCOc1cccc(CN2CCCCC2)c1)c1ccccc1. The Hall–Kier alpha value is -2.75. The van der Waals surface area contributed by atoms with E-state index in [4.69, 9.17) is 29.2 Å². The first kappa shape index (κ1) is 24.9. The molecule has 2 aromatic rings. The highest BCUT2D eigenvalue weighted by atomic mass is 32.1. The molecule has 0 radical (unpaired) electrons. The molecule has 1 aliphatic rings. The molecule has 176 valence electrons. The molecule has 0 bridgehead atoms. The molecule has 9 heteroatoms. The molecular formula is C24H31N5O2S2. The third-order valence-corrected chi connectivity index (χ3v) is 5.63. The minimum atomic E-state index is -0.286. The predicted octanol–water partition coefficient (Wildman–Crippen LogP) is 3.12. The number of hydrogen-bond acceptors (Lipinski definition) is 5. The second-order valence-electron chi connectivity index (χ2n) is 7.84. The van der Waals surface area contributed by atoms with Crippen molar-refractivity contribution < 1.29 is 9.53 Å². The molecule has 33 heavy (non-hydrogen) atoms. The fourth-order valence-electron chi connectivity index (χ4n) is 3.53. The molecular weight excluding hydrogens is 454 g/mol. The van der Waals surface area contributed by atoms with Gasteiger partial charge < -0.3 is 10.1 Å². The number of hydrazine groups is 1. The summed E-state index contributed by atoms with van der Waals surface area (Å²) in [4.78, 5) is 14.6. The van der Waals surface area contributed by atoms with Crippen LogP contribution in [0.2, 0.25) is 0 Å². The van der Waals surface area contributed by atoms with Crippen LogP contribution in [-0.2, 0) is 6.54 Å². The van der Waals surface area contributed by atoms with Gasteiger partial charge in [0.05, 0.1) is 6.61 Å². The van der Waals surface area contributed by atoms with Gasteiger partial charge in [0, 0.05) is 18.7 Å². The van der Waals surface area contributed by atoms with Gasteiger partial charge >= 0.3 is 0 Å². The van der Waals surface area contributed by atoms with Crippen molar-refractivity contribution in [1.82, 2.24) is 26.4 Å². The first-order valence-corrected chi connectivity index (χ1v) is 12.1. The maximum atomic E-state index is 12.1. The van der Waals surface area contributed by atoms with Gasteiger partial charge in [-0.15, -0.1) is 0 Å². The lowest BCUT2D eigenvalue weighted by molar-refractivity contribution is 0.0976. The number of hydrogen-bond donors (Lipinski definition) is 4. The lowest BCUT2D eigenvalue weighted by Gasteiger charge is -2.26. The van der Waals surface area contributed by atoms with E-state index in [1.165, 1.54) is 37.9 Å². The highest BCUT2D eigenvalue weighted by molar-refractivity contribution is 7.80. The molecule has 0 aliphatic carbocycles. The second kappa shape index (κ2) is 13.7. The molecule has 3 rings (SSSR count). The van der Waals surface area contributed by atoms with E-state index in [9.17, 15) is 4.79 Å². The van der Waals surface area contributed by atoms with Crippen LogP contribution in [0.25, 0.3) is 0 Å². The second-order valence-corrected chi connectivity index (χ2v) is 8.66. The van der Waals surface area contributed by atoms with Crippen molar-refractivity contribution in [3.05, 3.63) is 65.7 Å². The Morgan fingerprint density at radius 1 is 0.939 bits per heavy atom. The Morgan fingerprint density at radius 3 is 2.48 bits per heavy atom. The first-order valence-electron chi connectivity index (χ1n) is 11.2. The van der Waals surface area contributed by atoms with E-state index in [-0.39, 0.29) is 11.0 Å². The van der Waals surface area contributed by atoms with Gasteiger partial charge in [0.1, 0.15) is 5.75 Å². The monoisotopic (exact) mass is 485 g/mol. The van der Waals surface area contributed by atoms with Crippen LogP contribution in [0.5, 0.6) is 5.75 Å². The zero-order valence-electron chi connectivity index (χ0n) is 18.6. The molecule has 0 saturated carbocycles. The fourth-order valence-corrected chi connectivity index (χ4v) is 3.82. The highest BCUT2D eigenvalue weighted by Crippen LogP contribution is 2.17. The lowest BCUT2D eigenvalue weighted by atomic mass is 10.1. The van der Waals surface area contributed by atoms with Crippen molar-refractivity contribution in [2.45, 2.75) is 32.2 Å². The minimum absolute atomic E-state index is 0.140. The van der Waals surface area contributed by atoms with E-state index in [0.717, 1.165) is 18.7 Å². The molecule has 1 fully saturated rings. The standard InChI is InChI=1S/C24H31N5O2S2/c30-22(20-10-3-1-4-11-20)26-24(33)28-27-23(32)25-13-8-16-31-21-12-7-9-19(17-21)18-29-14-5-2-6-15-29/h1,3-4,7,9-12,17H,2,5-6,8,13-16,18H2,(H2,25,27,32)(H2,26,28,30,33). The molecule has 0 atom stereocenters. The number of nitrogens with zero attached hydrogens (tertiary/aromatic N) is 1. The summed E-state index contributed by atoms with van der Waals surface area (Å²) in [6.07, 6.45) is 4.72. The maximum Gasteiger partial charge on any atom is 0.257 e. The third-order valence-electron chi connectivity index (χ3n) is 5.18. The Morgan fingerprint density at radius 2 is 1.70 bits per heavy atom. The minimum Gasteiger partial charge on any atom is -0.494 e. The smallest absolute Gasteiger partial charge is 0.257 e.